The zero-order valence-electron chi connectivity index (χ0n) is 16.9. The van der Waals surface area contributed by atoms with Crippen molar-refractivity contribution in [3.63, 3.8) is 0 Å². The van der Waals surface area contributed by atoms with E-state index < -0.39 is 10.0 Å². The second-order valence-electron chi connectivity index (χ2n) is 6.52. The van der Waals surface area contributed by atoms with Gasteiger partial charge in [-0.3, -0.25) is 14.0 Å². The lowest BCUT2D eigenvalue weighted by Crippen LogP contribution is -2.38. The molecule has 1 heterocycles. The van der Waals surface area contributed by atoms with E-state index in [2.05, 4.69) is 10.2 Å². The summed E-state index contributed by atoms with van der Waals surface area (Å²) in [4.78, 5) is 15.0. The Morgan fingerprint density at radius 3 is 2.39 bits per heavy atom. The van der Waals surface area contributed by atoms with Gasteiger partial charge in [-0.2, -0.15) is 0 Å². The molecule has 1 aromatic carbocycles. The molecule has 0 spiro atoms. The number of morpholine rings is 1. The van der Waals surface area contributed by atoms with E-state index >= 15 is 0 Å². The van der Waals surface area contributed by atoms with Crippen molar-refractivity contribution in [1.29, 1.82) is 0 Å². The number of sulfonamides is 1. The topological polar surface area (TPSA) is 97.4 Å². The Bertz CT molecular complexity index is 778. The van der Waals surface area contributed by atoms with Gasteiger partial charge in [0.1, 0.15) is 0 Å². The van der Waals surface area contributed by atoms with Crippen LogP contribution in [0.2, 0.25) is 0 Å². The summed E-state index contributed by atoms with van der Waals surface area (Å²) in [6.07, 6.45) is 1.87. The van der Waals surface area contributed by atoms with Gasteiger partial charge in [0, 0.05) is 32.7 Å². The molecule has 0 radical (unpaired) electrons. The number of amides is 1. The molecule has 1 saturated heterocycles. The van der Waals surface area contributed by atoms with Crippen molar-refractivity contribution in [2.75, 3.05) is 71.2 Å². The first-order valence-corrected chi connectivity index (χ1v) is 10.9. The quantitative estimate of drug-likeness (QED) is 0.588. The minimum Gasteiger partial charge on any atom is -0.493 e. The van der Waals surface area contributed by atoms with Crippen molar-refractivity contribution in [3.05, 3.63) is 17.7 Å². The summed E-state index contributed by atoms with van der Waals surface area (Å²) in [5.41, 5.74) is 0.433. The highest BCUT2D eigenvalue weighted by atomic mass is 32.2. The third-order valence-corrected chi connectivity index (χ3v) is 5.82. The number of anilines is 1. The summed E-state index contributed by atoms with van der Waals surface area (Å²) in [6, 6.07) is 2.98. The number of hydrogen-bond donors (Lipinski definition) is 1. The average Bonchev–Trinajstić information content (AvgIpc) is 2.69. The first kappa shape index (κ1) is 22.3. The van der Waals surface area contributed by atoms with Gasteiger partial charge in [0.15, 0.2) is 11.5 Å². The molecule has 2 rings (SSSR count). The number of carbonyl (C=O) groups excluding carboxylic acids is 1. The summed E-state index contributed by atoms with van der Waals surface area (Å²) in [7, 11) is 0.749. The van der Waals surface area contributed by atoms with Crippen molar-refractivity contribution >= 4 is 21.6 Å². The minimum absolute atomic E-state index is 0.206. The van der Waals surface area contributed by atoms with Crippen LogP contribution in [0.15, 0.2) is 12.1 Å². The van der Waals surface area contributed by atoms with Crippen molar-refractivity contribution in [2.45, 2.75) is 6.42 Å². The van der Waals surface area contributed by atoms with Gasteiger partial charge in [-0.15, -0.1) is 0 Å². The van der Waals surface area contributed by atoms with E-state index in [0.717, 1.165) is 49.8 Å². The Morgan fingerprint density at radius 1 is 1.21 bits per heavy atom. The zero-order valence-corrected chi connectivity index (χ0v) is 17.7. The molecule has 0 unspecified atom stereocenters. The van der Waals surface area contributed by atoms with Crippen LogP contribution in [0.3, 0.4) is 0 Å². The van der Waals surface area contributed by atoms with E-state index in [1.807, 2.05) is 0 Å². The molecule has 1 aromatic rings. The number of methoxy groups -OCH3 is 2. The first-order valence-electron chi connectivity index (χ1n) is 9.06. The van der Waals surface area contributed by atoms with Gasteiger partial charge in [0.25, 0.3) is 5.91 Å². The van der Waals surface area contributed by atoms with E-state index in [9.17, 15) is 13.2 Å². The van der Waals surface area contributed by atoms with Gasteiger partial charge in [0.2, 0.25) is 10.0 Å². The fourth-order valence-electron chi connectivity index (χ4n) is 2.91. The van der Waals surface area contributed by atoms with Crippen LogP contribution in [0.5, 0.6) is 11.5 Å². The summed E-state index contributed by atoms with van der Waals surface area (Å²) < 4.78 is 40.9. The highest BCUT2D eigenvalue weighted by molar-refractivity contribution is 7.92. The second-order valence-corrected chi connectivity index (χ2v) is 8.53. The van der Waals surface area contributed by atoms with Crippen LogP contribution in [0.4, 0.5) is 5.69 Å². The van der Waals surface area contributed by atoms with E-state index in [1.54, 1.807) is 0 Å². The highest BCUT2D eigenvalue weighted by Gasteiger charge is 2.23. The number of nitrogens with one attached hydrogen (secondary N) is 1. The number of ether oxygens (including phenoxy) is 3. The normalized spacial score (nSPS) is 15.1. The SMILES string of the molecule is COc1cc(C(=O)NCCCN2CCOCC2)c(N(C)S(C)(=O)=O)cc1OC. The van der Waals surface area contributed by atoms with Crippen molar-refractivity contribution in [3.8, 4) is 11.5 Å². The predicted molar refractivity (Wildman–Crippen MR) is 107 cm³/mol. The number of hydrogen-bond acceptors (Lipinski definition) is 7. The molecule has 0 aliphatic carbocycles. The van der Waals surface area contributed by atoms with E-state index in [4.69, 9.17) is 14.2 Å². The molecule has 28 heavy (non-hydrogen) atoms. The molecule has 1 aliphatic heterocycles. The molecule has 0 atom stereocenters. The molecule has 158 valence electrons. The third kappa shape index (κ3) is 5.73. The maximum absolute atomic E-state index is 12.8. The Morgan fingerprint density at radius 2 is 1.82 bits per heavy atom. The van der Waals surface area contributed by atoms with Crippen LogP contribution >= 0.6 is 0 Å². The minimum atomic E-state index is -3.56. The molecular formula is C18H29N3O6S. The van der Waals surface area contributed by atoms with E-state index in [0.29, 0.717) is 18.0 Å². The Balaban J connectivity index is 2.13. The maximum atomic E-state index is 12.8. The zero-order chi connectivity index (χ0) is 20.7. The molecule has 0 aromatic heterocycles. The number of rotatable bonds is 9. The van der Waals surface area contributed by atoms with Crippen molar-refractivity contribution in [2.24, 2.45) is 0 Å². The average molecular weight is 416 g/mol. The van der Waals surface area contributed by atoms with Gasteiger partial charge in [0.05, 0.1) is 44.9 Å². The van der Waals surface area contributed by atoms with Gasteiger partial charge in [-0.25, -0.2) is 8.42 Å². The monoisotopic (exact) mass is 415 g/mol. The molecule has 9 nitrogen and oxygen atoms in total. The molecule has 1 fully saturated rings. The molecule has 10 heteroatoms. The summed E-state index contributed by atoms with van der Waals surface area (Å²) in [5, 5.41) is 2.86. The van der Waals surface area contributed by atoms with Crippen LogP contribution in [-0.2, 0) is 14.8 Å². The standard InChI is InChI=1S/C18H29N3O6S/c1-20(28(4,23)24)15-13-17(26-3)16(25-2)12-14(15)18(22)19-6-5-7-21-8-10-27-11-9-21/h12-13H,5-11H2,1-4H3,(H,19,22). The van der Waals surface area contributed by atoms with Gasteiger partial charge >= 0.3 is 0 Å². The smallest absolute Gasteiger partial charge is 0.253 e. The Hall–Kier alpha value is -2.04. The lowest BCUT2D eigenvalue weighted by atomic mass is 10.1. The fraction of sp³-hybridized carbons (Fsp3) is 0.611. The predicted octanol–water partition coefficient (Wildman–Crippen LogP) is 0.552. The maximum Gasteiger partial charge on any atom is 0.253 e. The van der Waals surface area contributed by atoms with Crippen LogP contribution in [0.1, 0.15) is 16.8 Å². The second kappa shape index (κ2) is 9.94. The lowest BCUT2D eigenvalue weighted by molar-refractivity contribution is 0.0374. The van der Waals surface area contributed by atoms with E-state index in [1.165, 1.54) is 33.4 Å². The summed E-state index contributed by atoms with van der Waals surface area (Å²) in [6.45, 7) is 4.61. The number of nitrogens with zero attached hydrogens (tertiary/aromatic N) is 2. The summed E-state index contributed by atoms with van der Waals surface area (Å²) >= 11 is 0. The van der Waals surface area contributed by atoms with Crippen LogP contribution in [-0.4, -0.2) is 86.1 Å². The molecule has 1 aliphatic rings. The first-order chi connectivity index (χ1) is 13.3. The Kier molecular flexibility index (Phi) is 7.90. The fourth-order valence-corrected chi connectivity index (χ4v) is 3.42. The van der Waals surface area contributed by atoms with Gasteiger partial charge in [-0.05, 0) is 19.0 Å². The van der Waals surface area contributed by atoms with Crippen LogP contribution in [0, 0.1) is 0 Å². The third-order valence-electron chi connectivity index (χ3n) is 4.62. The molecule has 1 N–H and O–H groups in total. The lowest BCUT2D eigenvalue weighted by Gasteiger charge is -2.26. The summed E-state index contributed by atoms with van der Waals surface area (Å²) in [5.74, 6) is 0.330. The number of carbonyl (C=O) groups is 1. The van der Waals surface area contributed by atoms with Crippen LogP contribution < -0.4 is 19.1 Å². The van der Waals surface area contributed by atoms with Crippen molar-refractivity contribution in [1.82, 2.24) is 10.2 Å². The Labute approximate surface area is 166 Å². The number of benzene rings is 1. The van der Waals surface area contributed by atoms with Gasteiger partial charge in [-0.1, -0.05) is 0 Å². The largest absolute Gasteiger partial charge is 0.493 e. The van der Waals surface area contributed by atoms with Gasteiger partial charge < -0.3 is 19.5 Å². The molecule has 1 amide bonds. The van der Waals surface area contributed by atoms with Crippen LogP contribution in [0.25, 0.3) is 0 Å². The molecule has 0 saturated carbocycles. The van der Waals surface area contributed by atoms with E-state index in [-0.39, 0.29) is 17.2 Å². The molecular weight excluding hydrogens is 386 g/mol. The van der Waals surface area contributed by atoms with Crippen molar-refractivity contribution < 1.29 is 27.4 Å². The molecule has 0 bridgehead atoms. The highest BCUT2D eigenvalue weighted by Crippen LogP contribution is 2.35.